The smallest absolute Gasteiger partial charge is 0.416 e. The van der Waals surface area contributed by atoms with Crippen molar-refractivity contribution in [3.8, 4) is 54.7 Å². The van der Waals surface area contributed by atoms with Crippen LogP contribution in [-0.2, 0) is 45.1 Å². The van der Waals surface area contributed by atoms with Crippen LogP contribution < -0.4 is 34.9 Å². The first-order valence-electron chi connectivity index (χ1n) is 32.5. The second-order valence-electron chi connectivity index (χ2n) is 24.4. The molecule has 9 heterocycles. The maximum atomic E-state index is 13.6. The van der Waals surface area contributed by atoms with Gasteiger partial charge in [-0.1, -0.05) is 73.7 Å². The van der Waals surface area contributed by atoms with E-state index in [4.69, 9.17) is 33.9 Å². The number of ether oxygens (including phenoxy) is 4. The molecule has 3 aliphatic heterocycles. The fourth-order valence-corrected chi connectivity index (χ4v) is 20.1. The van der Waals surface area contributed by atoms with Gasteiger partial charge in [-0.25, -0.2) is 15.0 Å². The molecule has 0 aliphatic carbocycles. The fourth-order valence-electron chi connectivity index (χ4n) is 12.8. The Balaban J connectivity index is 0.000000129. The number of thiazole rings is 3. The Hall–Kier alpha value is -9.15. The minimum Gasteiger partial charge on any atom is -0.496 e. The number of halogens is 3. The number of fused-ring (bicyclic) bond motifs is 7. The van der Waals surface area contributed by atoms with E-state index in [9.17, 15) is 27.6 Å². The van der Waals surface area contributed by atoms with Crippen molar-refractivity contribution in [2.24, 2.45) is 0 Å². The summed E-state index contributed by atoms with van der Waals surface area (Å²) >= 11 is 9.68. The standard InChI is InChI=1S/C27H23N3O2S2.C26H27N3O4S2.C23H18F3N3OS2/c1-30-12-11-18-23(15-30)34-27(24(18)26-28-20-9-5-6-10-22(20)33-26)29-25(31)19-13-16-7-3-4-8-17(16)14-21(19)32-2;1-5-29-11-10-16-21(14-29)35-26(22(16)25-27-17-8-6-7-9-20(17)34-25)28-24(30)15-12-18(31-2)23(33-4)19(13-15)32-3;1-29-10-9-15-18(12-29)32-22(19(15)21-27-16-7-2-3-8-17(16)31-21)28-20(30)13-5-4-6-14(11-13)23(24,25)26/h3-10,13-14H,11-12,15H2,1-2H3,(H,29,31);6-9,12-13H,5,10-11,14H2,1-4H3,(H,28,30);2-8,11H,9-10,12H2,1H3,(H,28,30). The zero-order chi connectivity index (χ0) is 70.2. The topological polar surface area (TPSA) is 173 Å². The van der Waals surface area contributed by atoms with Crippen LogP contribution in [0, 0.1) is 0 Å². The van der Waals surface area contributed by atoms with Crippen LogP contribution in [0.2, 0.25) is 0 Å². The van der Waals surface area contributed by atoms with E-state index in [0.29, 0.717) is 39.1 Å². The van der Waals surface area contributed by atoms with Gasteiger partial charge >= 0.3 is 6.18 Å². The first-order chi connectivity index (χ1) is 48.9. The number of anilines is 3. The number of carbonyl (C=O) groups is 3. The summed E-state index contributed by atoms with van der Waals surface area (Å²) in [6.45, 7) is 8.59. The highest BCUT2D eigenvalue weighted by molar-refractivity contribution is 7.24. The molecule has 0 radical (unpaired) electrons. The summed E-state index contributed by atoms with van der Waals surface area (Å²) in [5, 5.41) is 16.4. The molecule has 3 N–H and O–H groups in total. The number of amides is 3. The van der Waals surface area contributed by atoms with E-state index in [1.54, 1.807) is 83.0 Å². The molecular formula is C76H68F3N9O7S6. The molecule has 6 aromatic heterocycles. The second-order valence-corrected chi connectivity index (χ2v) is 30.8. The lowest BCUT2D eigenvalue weighted by Gasteiger charge is -2.25. The Morgan fingerprint density at radius 2 is 0.891 bits per heavy atom. The molecule has 0 spiro atoms. The van der Waals surface area contributed by atoms with Gasteiger partial charge in [-0.05, 0) is 146 Å². The molecule has 0 saturated heterocycles. The summed E-state index contributed by atoms with van der Waals surface area (Å²) in [6, 6.07) is 43.8. The molecule has 25 heteroatoms. The van der Waals surface area contributed by atoms with Crippen LogP contribution in [0.5, 0.6) is 23.0 Å². The molecule has 13 aromatic rings. The molecule has 516 valence electrons. The minimum absolute atomic E-state index is 0.0291. The van der Waals surface area contributed by atoms with E-state index in [1.807, 2.05) is 104 Å². The van der Waals surface area contributed by atoms with Gasteiger partial charge in [-0.3, -0.25) is 19.3 Å². The number of likely N-dealkylation sites (N-methyl/N-ethyl adjacent to an activating group) is 3. The molecule has 3 amide bonds. The van der Waals surface area contributed by atoms with Crippen LogP contribution in [0.3, 0.4) is 0 Å². The Bertz CT molecular complexity index is 5180. The molecule has 101 heavy (non-hydrogen) atoms. The largest absolute Gasteiger partial charge is 0.496 e. The molecule has 0 atom stereocenters. The summed E-state index contributed by atoms with van der Waals surface area (Å²) in [4.78, 5) is 65.3. The van der Waals surface area contributed by atoms with Crippen molar-refractivity contribution in [1.29, 1.82) is 0 Å². The summed E-state index contributed by atoms with van der Waals surface area (Å²) in [6.07, 6.45) is -1.80. The molecule has 7 aromatic carbocycles. The van der Waals surface area contributed by atoms with Crippen molar-refractivity contribution < 1.29 is 46.5 Å². The maximum absolute atomic E-state index is 13.6. The van der Waals surface area contributed by atoms with Gasteiger partial charge in [0.2, 0.25) is 5.75 Å². The van der Waals surface area contributed by atoms with Gasteiger partial charge in [0.1, 0.15) is 35.8 Å². The van der Waals surface area contributed by atoms with Gasteiger partial charge in [-0.15, -0.1) is 68.0 Å². The lowest BCUT2D eigenvalue weighted by atomic mass is 10.0. The van der Waals surface area contributed by atoms with Gasteiger partial charge in [0.15, 0.2) is 11.5 Å². The predicted octanol–water partition coefficient (Wildman–Crippen LogP) is 18.4. The van der Waals surface area contributed by atoms with Crippen LogP contribution in [0.15, 0.2) is 146 Å². The lowest BCUT2D eigenvalue weighted by Crippen LogP contribution is -2.29. The van der Waals surface area contributed by atoms with Crippen molar-refractivity contribution in [1.82, 2.24) is 29.7 Å². The number of para-hydroxylation sites is 3. The summed E-state index contributed by atoms with van der Waals surface area (Å²) in [5.74, 6) is 0.923. The average Bonchev–Trinajstić information content (AvgIpc) is 1.63. The van der Waals surface area contributed by atoms with Gasteiger partial charge in [-0.2, -0.15) is 13.2 Å². The normalized spacial score (nSPS) is 13.9. The van der Waals surface area contributed by atoms with Crippen molar-refractivity contribution >= 4 is 142 Å². The van der Waals surface area contributed by atoms with Gasteiger partial charge in [0, 0.05) is 81.7 Å². The number of thiophene rings is 3. The number of nitrogens with zero attached hydrogens (tertiary/aromatic N) is 6. The highest BCUT2D eigenvalue weighted by Crippen LogP contribution is 2.50. The third kappa shape index (κ3) is 14.3. The van der Waals surface area contributed by atoms with Crippen LogP contribution in [-0.4, -0.2) is 116 Å². The second kappa shape index (κ2) is 29.4. The Morgan fingerprint density at radius 3 is 1.34 bits per heavy atom. The lowest BCUT2D eigenvalue weighted by molar-refractivity contribution is -0.137. The number of benzene rings is 7. The van der Waals surface area contributed by atoms with E-state index in [0.717, 1.165) is 171 Å². The van der Waals surface area contributed by atoms with Crippen molar-refractivity contribution in [2.45, 2.75) is 52.0 Å². The third-order valence-corrected chi connectivity index (χ3v) is 24.5. The zero-order valence-electron chi connectivity index (χ0n) is 56.1. The number of hydrogen-bond acceptors (Lipinski definition) is 19. The SMILES string of the molecule is CCN1CCc2c(sc(NC(=O)c3cc(OC)c(OC)c(OC)c3)c2-c2nc3ccccc3s2)C1.CN1CCc2c(sc(NC(=O)c3cccc(C(F)(F)F)c3)c2-c2nc3ccccc3s2)C1.COc1cc2ccccc2cc1C(=O)Nc1sc2c(c1-c1nc3ccccc3s1)CCN(C)C2. The predicted molar refractivity (Wildman–Crippen MR) is 405 cm³/mol. The molecule has 0 saturated carbocycles. The Morgan fingerprint density at radius 1 is 0.465 bits per heavy atom. The maximum Gasteiger partial charge on any atom is 0.416 e. The molecule has 3 aliphatic rings. The van der Waals surface area contributed by atoms with Crippen molar-refractivity contribution in [3.63, 3.8) is 0 Å². The molecule has 16 nitrogen and oxygen atoms in total. The van der Waals surface area contributed by atoms with E-state index in [2.05, 4.69) is 56.8 Å². The van der Waals surface area contributed by atoms with Gasteiger partial charge < -0.3 is 44.7 Å². The monoisotopic (exact) mass is 1470 g/mol. The molecule has 0 unspecified atom stereocenters. The number of alkyl halides is 3. The molecule has 0 fully saturated rings. The van der Waals surface area contributed by atoms with E-state index in [-0.39, 0.29) is 17.4 Å². The molecule has 0 bridgehead atoms. The van der Waals surface area contributed by atoms with Crippen molar-refractivity contribution in [3.05, 3.63) is 199 Å². The van der Waals surface area contributed by atoms with Crippen LogP contribution in [0.1, 0.15) is 74.9 Å². The number of methoxy groups -OCH3 is 4. The summed E-state index contributed by atoms with van der Waals surface area (Å²) in [7, 11) is 10.4. The van der Waals surface area contributed by atoms with E-state index in [1.165, 1.54) is 58.6 Å². The number of nitrogens with one attached hydrogen (secondary N) is 3. The van der Waals surface area contributed by atoms with Crippen molar-refractivity contribution in [2.75, 3.05) is 84.7 Å². The Kier molecular flexibility index (Phi) is 20.1. The number of rotatable bonds is 14. The number of aromatic nitrogens is 3. The first-order valence-corrected chi connectivity index (χ1v) is 37.4. The van der Waals surface area contributed by atoms with E-state index >= 15 is 0 Å². The zero-order valence-corrected chi connectivity index (χ0v) is 61.0. The third-order valence-electron chi connectivity index (χ3n) is 18.0. The van der Waals surface area contributed by atoms with Gasteiger partial charge in [0.05, 0.1) is 70.2 Å². The van der Waals surface area contributed by atoms with Gasteiger partial charge in [0.25, 0.3) is 17.7 Å². The van der Waals surface area contributed by atoms with Crippen LogP contribution in [0.25, 0.3) is 73.1 Å². The molecule has 16 rings (SSSR count). The highest BCUT2D eigenvalue weighted by Gasteiger charge is 2.34. The summed E-state index contributed by atoms with van der Waals surface area (Å²) in [5.41, 5.74) is 9.69. The average molecular weight is 1470 g/mol. The van der Waals surface area contributed by atoms with E-state index < -0.39 is 17.6 Å². The highest BCUT2D eigenvalue weighted by atomic mass is 32.1. The fraction of sp³-hybridized carbons (Fsp3) is 0.237. The summed E-state index contributed by atoms with van der Waals surface area (Å²) < 4.78 is 64.5. The minimum atomic E-state index is -4.50. The number of hydrogen-bond donors (Lipinski definition) is 3. The molecular weight excluding hydrogens is 1400 g/mol. The quantitative estimate of drug-likeness (QED) is 0.0940. The first kappa shape index (κ1) is 69.0. The number of carbonyl (C=O) groups excluding carboxylic acids is 3. The van der Waals surface area contributed by atoms with Crippen LogP contribution in [0.4, 0.5) is 28.2 Å². The van der Waals surface area contributed by atoms with Crippen LogP contribution >= 0.6 is 68.0 Å². The Labute approximate surface area is 604 Å².